The number of ether oxygens (including phenoxy) is 1. The summed E-state index contributed by atoms with van der Waals surface area (Å²) >= 11 is 0. The third-order valence-corrected chi connectivity index (χ3v) is 9.88. The van der Waals surface area contributed by atoms with Crippen molar-refractivity contribution in [2.45, 2.75) is 96.3 Å². The molecule has 2 N–H and O–H groups in total. The van der Waals surface area contributed by atoms with Crippen LogP contribution >= 0.6 is 0 Å². The van der Waals surface area contributed by atoms with Crippen LogP contribution in [0.3, 0.4) is 0 Å². The molecular weight excluding hydrogens is 651 g/mol. The first-order valence-corrected chi connectivity index (χ1v) is 16.3. The van der Waals surface area contributed by atoms with Crippen molar-refractivity contribution < 1.29 is 45.9 Å². The highest BCUT2D eigenvalue weighted by atomic mass is 19.4. The van der Waals surface area contributed by atoms with Gasteiger partial charge in [0.2, 0.25) is 23.6 Å². The first-order valence-electron chi connectivity index (χ1n) is 16.3. The van der Waals surface area contributed by atoms with Gasteiger partial charge in [0.25, 0.3) is 0 Å². The van der Waals surface area contributed by atoms with E-state index < -0.39 is 65.8 Å². The van der Waals surface area contributed by atoms with E-state index in [4.69, 9.17) is 13.6 Å². The fourth-order valence-corrected chi connectivity index (χ4v) is 6.57. The topological polar surface area (TPSA) is 155 Å². The molecule has 0 spiro atoms. The number of carbonyl (C=O) groups is 4. The number of alkyl halides is 3. The maximum absolute atomic E-state index is 14.3. The smallest absolute Gasteiger partial charge is 0.493 e. The highest BCUT2D eigenvalue weighted by Gasteiger charge is 2.55. The van der Waals surface area contributed by atoms with Crippen LogP contribution in [0, 0.1) is 12.3 Å². The molecule has 1 aromatic heterocycles. The van der Waals surface area contributed by atoms with Gasteiger partial charge in [0, 0.05) is 31.1 Å². The molecule has 268 valence electrons. The van der Waals surface area contributed by atoms with E-state index in [0.717, 1.165) is 24.3 Å². The molecule has 5 atom stereocenters. The van der Waals surface area contributed by atoms with E-state index in [1.807, 2.05) is 24.3 Å². The number of hydrogen-bond acceptors (Lipinski definition) is 9. The number of nitrogens with zero attached hydrogens (tertiary/aromatic N) is 3. The van der Waals surface area contributed by atoms with Crippen LogP contribution in [0.1, 0.15) is 69.6 Å². The molecule has 0 saturated carbocycles. The van der Waals surface area contributed by atoms with E-state index in [-0.39, 0.29) is 43.0 Å². The molecule has 0 unspecified atom stereocenters. The second kappa shape index (κ2) is 13.9. The maximum Gasteiger partial charge on any atom is 0.519 e. The van der Waals surface area contributed by atoms with E-state index in [1.54, 1.807) is 7.05 Å². The number of carbonyl (C=O) groups excluding carboxylic acids is 4. The Bertz CT molecular complexity index is 1640. The van der Waals surface area contributed by atoms with Crippen molar-refractivity contribution in [2.24, 2.45) is 5.41 Å². The van der Waals surface area contributed by atoms with Gasteiger partial charge in [-0.1, -0.05) is 18.2 Å². The first kappa shape index (κ1) is 36.0. The second-order valence-electron chi connectivity index (χ2n) is 13.5. The van der Waals surface area contributed by atoms with E-state index in [0.29, 0.717) is 31.6 Å². The van der Waals surface area contributed by atoms with Gasteiger partial charge in [-0.25, -0.2) is 4.79 Å². The van der Waals surface area contributed by atoms with Crippen molar-refractivity contribution >= 4 is 23.6 Å². The lowest BCUT2D eigenvalue weighted by Gasteiger charge is -2.41. The van der Waals surface area contributed by atoms with Crippen molar-refractivity contribution in [3.05, 3.63) is 52.0 Å². The minimum atomic E-state index is -4.86. The SMILES string of the molecule is Cc1oc(=O)oc1CN(C)[C@@H](C)C(=O)N[C@H]1CN(C(=O)C(C)(C)C(F)(F)F)CC[C@H]2CC[C@@H](C(=O)N[C@@H]3CCOc4ccccc43)N2C1=O. The van der Waals surface area contributed by atoms with Crippen LogP contribution < -0.4 is 21.2 Å². The molecule has 0 aliphatic carbocycles. The van der Waals surface area contributed by atoms with Crippen molar-refractivity contribution in [2.75, 3.05) is 26.7 Å². The third-order valence-electron chi connectivity index (χ3n) is 9.88. The molecule has 16 heteroatoms. The van der Waals surface area contributed by atoms with Gasteiger partial charge in [0.1, 0.15) is 29.0 Å². The Labute approximate surface area is 281 Å². The lowest BCUT2D eigenvalue weighted by Crippen LogP contribution is -2.63. The molecule has 3 aliphatic heterocycles. The van der Waals surface area contributed by atoms with Gasteiger partial charge in [-0.05, 0) is 60.1 Å². The van der Waals surface area contributed by atoms with Gasteiger partial charge in [-0.3, -0.25) is 24.1 Å². The minimum absolute atomic E-state index is 0.000928. The molecule has 49 heavy (non-hydrogen) atoms. The fourth-order valence-electron chi connectivity index (χ4n) is 6.57. The van der Waals surface area contributed by atoms with E-state index in [1.165, 1.54) is 23.6 Å². The summed E-state index contributed by atoms with van der Waals surface area (Å²) in [5, 5.41) is 5.71. The zero-order valence-corrected chi connectivity index (χ0v) is 28.1. The highest BCUT2D eigenvalue weighted by molar-refractivity contribution is 5.94. The molecule has 2 saturated heterocycles. The molecule has 13 nitrogen and oxygen atoms in total. The zero-order valence-electron chi connectivity index (χ0n) is 28.1. The van der Waals surface area contributed by atoms with Crippen LogP contribution in [0.25, 0.3) is 0 Å². The van der Waals surface area contributed by atoms with Gasteiger partial charge in [-0.15, -0.1) is 0 Å². The molecule has 4 heterocycles. The van der Waals surface area contributed by atoms with Gasteiger partial charge >= 0.3 is 12.0 Å². The standard InChI is InChI=1S/C33H42F3N5O8/c1-18(39(5)17-26-19(2)48-31(46)49-26)27(42)38-23-16-40(30(45)32(3,4)33(34,35)36)14-12-20-10-11-24(41(20)29(23)44)28(43)37-22-13-15-47-25-9-7-6-8-21(22)25/h6-9,18,20,22-24H,10-17H2,1-5H3,(H,37,43)(H,38,42)/t18-,20+,22+,23-,24-/m0/s1. The van der Waals surface area contributed by atoms with Crippen LogP contribution in [0.2, 0.25) is 0 Å². The number of likely N-dealkylation sites (N-methyl/N-ethyl adjacent to an activating group) is 1. The number of hydrogen-bond donors (Lipinski definition) is 2. The summed E-state index contributed by atoms with van der Waals surface area (Å²) in [5.74, 6) is -2.76. The molecule has 1 aromatic carbocycles. The number of rotatable bonds is 8. The number of para-hydroxylation sites is 1. The number of halogens is 3. The Balaban J connectivity index is 1.39. The molecule has 0 radical (unpaired) electrons. The average molecular weight is 694 g/mol. The normalized spacial score (nSPS) is 23.6. The summed E-state index contributed by atoms with van der Waals surface area (Å²) in [5.41, 5.74) is -1.94. The Kier molecular flexibility index (Phi) is 10.2. The number of amides is 4. The first-order chi connectivity index (χ1) is 23.0. The number of nitrogens with one attached hydrogen (secondary N) is 2. The Morgan fingerprint density at radius 3 is 2.41 bits per heavy atom. The number of fused-ring (bicyclic) bond motifs is 2. The van der Waals surface area contributed by atoms with Crippen molar-refractivity contribution in [1.29, 1.82) is 0 Å². The van der Waals surface area contributed by atoms with Crippen molar-refractivity contribution in [3.8, 4) is 5.75 Å². The molecule has 2 fully saturated rings. The van der Waals surface area contributed by atoms with Crippen molar-refractivity contribution in [1.82, 2.24) is 25.3 Å². The van der Waals surface area contributed by atoms with Crippen molar-refractivity contribution in [3.63, 3.8) is 0 Å². The Hall–Kier alpha value is -4.34. The third kappa shape index (κ3) is 7.33. The van der Waals surface area contributed by atoms with E-state index in [9.17, 15) is 37.1 Å². The van der Waals surface area contributed by atoms with Crippen LogP contribution in [0.15, 0.2) is 37.9 Å². The fraction of sp³-hybridized carbons (Fsp3) is 0.606. The highest BCUT2D eigenvalue weighted by Crippen LogP contribution is 2.40. The number of benzene rings is 1. The summed E-state index contributed by atoms with van der Waals surface area (Å²) in [7, 11) is 1.57. The molecule has 3 aliphatic rings. The molecule has 0 bridgehead atoms. The largest absolute Gasteiger partial charge is 0.519 e. The maximum atomic E-state index is 14.3. The summed E-state index contributed by atoms with van der Waals surface area (Å²) in [6.07, 6.45) is -3.51. The summed E-state index contributed by atoms with van der Waals surface area (Å²) in [6, 6.07) is 3.16. The van der Waals surface area contributed by atoms with Gasteiger partial charge in [-0.2, -0.15) is 13.2 Å². The second-order valence-corrected chi connectivity index (χ2v) is 13.5. The Morgan fingerprint density at radius 1 is 1.02 bits per heavy atom. The van der Waals surface area contributed by atoms with E-state index >= 15 is 0 Å². The number of aryl methyl sites for hydroxylation is 1. The van der Waals surface area contributed by atoms with Crippen LogP contribution in [-0.4, -0.2) is 95.4 Å². The molecule has 2 aromatic rings. The van der Waals surface area contributed by atoms with Gasteiger partial charge < -0.3 is 34.0 Å². The van der Waals surface area contributed by atoms with Crippen LogP contribution in [0.5, 0.6) is 5.75 Å². The van der Waals surface area contributed by atoms with Crippen LogP contribution in [0.4, 0.5) is 13.2 Å². The van der Waals surface area contributed by atoms with Gasteiger partial charge in [0.05, 0.1) is 25.2 Å². The monoisotopic (exact) mass is 693 g/mol. The van der Waals surface area contributed by atoms with Crippen LogP contribution in [-0.2, 0) is 25.7 Å². The molecule has 5 rings (SSSR count). The Morgan fingerprint density at radius 2 is 1.73 bits per heavy atom. The molecule has 4 amide bonds. The quantitative estimate of drug-likeness (QED) is 0.425. The lowest BCUT2D eigenvalue weighted by molar-refractivity contribution is -0.217. The lowest BCUT2D eigenvalue weighted by atomic mass is 9.90. The molecular formula is C33H42F3N5O8. The predicted molar refractivity (Wildman–Crippen MR) is 167 cm³/mol. The van der Waals surface area contributed by atoms with Gasteiger partial charge in [0.15, 0.2) is 5.76 Å². The predicted octanol–water partition coefficient (Wildman–Crippen LogP) is 2.67. The summed E-state index contributed by atoms with van der Waals surface area (Å²) in [6.45, 7) is 4.38. The average Bonchev–Trinajstić information content (AvgIpc) is 3.61. The zero-order chi connectivity index (χ0) is 35.8. The minimum Gasteiger partial charge on any atom is -0.493 e. The van der Waals surface area contributed by atoms with E-state index in [2.05, 4.69) is 10.6 Å². The summed E-state index contributed by atoms with van der Waals surface area (Å²) in [4.78, 5) is 70.5. The summed E-state index contributed by atoms with van der Waals surface area (Å²) < 4.78 is 57.5.